The summed E-state index contributed by atoms with van der Waals surface area (Å²) < 4.78 is 12.0. The zero-order chi connectivity index (χ0) is 18.6. The number of hydrogen-bond donors (Lipinski definition) is 1. The summed E-state index contributed by atoms with van der Waals surface area (Å²) in [6.45, 7) is 6.34. The maximum atomic E-state index is 12.3. The highest BCUT2D eigenvalue weighted by Gasteiger charge is 2.32. The number of urea groups is 1. The Morgan fingerprint density at radius 2 is 2.04 bits per heavy atom. The van der Waals surface area contributed by atoms with Crippen molar-refractivity contribution in [2.24, 2.45) is 0 Å². The van der Waals surface area contributed by atoms with Gasteiger partial charge in [-0.1, -0.05) is 13.8 Å². The minimum absolute atomic E-state index is 0.0488. The predicted molar refractivity (Wildman–Crippen MR) is 99.6 cm³/mol. The lowest BCUT2D eigenvalue weighted by molar-refractivity contribution is -0.122. The van der Waals surface area contributed by atoms with Gasteiger partial charge in [-0.2, -0.15) is 0 Å². The molecule has 0 bridgehead atoms. The van der Waals surface area contributed by atoms with Crippen LogP contribution in [-0.2, 0) is 4.79 Å². The van der Waals surface area contributed by atoms with Gasteiger partial charge in [-0.05, 0) is 59.5 Å². The van der Waals surface area contributed by atoms with Gasteiger partial charge < -0.3 is 14.8 Å². The molecule has 0 spiro atoms. The van der Waals surface area contributed by atoms with Gasteiger partial charge in [0.25, 0.3) is 5.91 Å². The molecule has 1 aliphatic heterocycles. The molecule has 1 aliphatic rings. The molecule has 1 N–H and O–H groups in total. The van der Waals surface area contributed by atoms with Gasteiger partial charge in [0.1, 0.15) is 5.70 Å². The second-order valence-electron chi connectivity index (χ2n) is 5.82. The SMILES string of the molecule is CCCN1C(=O)N/C(=C/c2cc(Br)c(O[C@H](C)CC)c(OC)c2)C1=O. The quantitative estimate of drug-likeness (QED) is 0.545. The van der Waals surface area contributed by atoms with Crippen LogP contribution in [0.25, 0.3) is 6.08 Å². The van der Waals surface area contributed by atoms with Crippen molar-refractivity contribution in [1.29, 1.82) is 0 Å². The number of nitrogens with zero attached hydrogens (tertiary/aromatic N) is 1. The first kappa shape index (κ1) is 19.3. The number of amides is 3. The van der Waals surface area contributed by atoms with Crippen molar-refractivity contribution >= 4 is 33.9 Å². The lowest BCUT2D eigenvalue weighted by Crippen LogP contribution is -2.31. The Kier molecular flexibility index (Phi) is 6.47. The van der Waals surface area contributed by atoms with Gasteiger partial charge in [-0.3, -0.25) is 9.69 Å². The second-order valence-corrected chi connectivity index (χ2v) is 6.67. The number of nitrogens with one attached hydrogen (secondary N) is 1. The summed E-state index contributed by atoms with van der Waals surface area (Å²) in [6, 6.07) is 3.22. The Balaban J connectivity index is 2.33. The summed E-state index contributed by atoms with van der Waals surface area (Å²) in [5.41, 5.74) is 0.977. The first-order chi connectivity index (χ1) is 11.9. The third-order valence-corrected chi connectivity index (χ3v) is 4.46. The molecule has 136 valence electrons. The fourth-order valence-corrected chi connectivity index (χ4v) is 2.94. The minimum Gasteiger partial charge on any atom is -0.493 e. The van der Waals surface area contributed by atoms with Crippen molar-refractivity contribution in [2.45, 2.75) is 39.7 Å². The molecular weight excluding hydrogens is 388 g/mol. The third-order valence-electron chi connectivity index (χ3n) is 3.87. The molecule has 0 aliphatic carbocycles. The van der Waals surface area contributed by atoms with Crippen LogP contribution in [0.4, 0.5) is 4.79 Å². The van der Waals surface area contributed by atoms with Crippen LogP contribution >= 0.6 is 15.9 Å². The molecule has 1 aromatic rings. The Bertz CT molecular complexity index is 703. The van der Waals surface area contributed by atoms with Gasteiger partial charge >= 0.3 is 6.03 Å². The molecule has 7 heteroatoms. The normalized spacial score (nSPS) is 17.0. The first-order valence-electron chi connectivity index (χ1n) is 8.29. The van der Waals surface area contributed by atoms with Crippen molar-refractivity contribution in [3.63, 3.8) is 0 Å². The molecule has 25 heavy (non-hydrogen) atoms. The molecule has 0 radical (unpaired) electrons. The van der Waals surface area contributed by atoms with Gasteiger partial charge in [0.15, 0.2) is 11.5 Å². The smallest absolute Gasteiger partial charge is 0.329 e. The lowest BCUT2D eigenvalue weighted by atomic mass is 10.1. The fourth-order valence-electron chi connectivity index (χ4n) is 2.39. The van der Waals surface area contributed by atoms with E-state index in [0.717, 1.165) is 16.5 Å². The van der Waals surface area contributed by atoms with Crippen LogP contribution in [0.3, 0.4) is 0 Å². The molecule has 3 amide bonds. The maximum Gasteiger partial charge on any atom is 0.329 e. The summed E-state index contributed by atoms with van der Waals surface area (Å²) in [5.74, 6) is 0.860. The number of carbonyl (C=O) groups excluding carboxylic acids is 2. The average Bonchev–Trinajstić information content (AvgIpc) is 2.84. The Morgan fingerprint density at radius 3 is 2.64 bits per heavy atom. The summed E-state index contributed by atoms with van der Waals surface area (Å²) in [7, 11) is 1.56. The van der Waals surface area contributed by atoms with E-state index in [-0.39, 0.29) is 23.7 Å². The van der Waals surface area contributed by atoms with E-state index < -0.39 is 0 Å². The van der Waals surface area contributed by atoms with Crippen LogP contribution in [0.5, 0.6) is 11.5 Å². The largest absolute Gasteiger partial charge is 0.493 e. The van der Waals surface area contributed by atoms with E-state index in [1.807, 2.05) is 26.8 Å². The van der Waals surface area contributed by atoms with E-state index in [9.17, 15) is 9.59 Å². The van der Waals surface area contributed by atoms with Crippen molar-refractivity contribution in [3.05, 3.63) is 27.9 Å². The predicted octanol–water partition coefficient (Wildman–Crippen LogP) is 3.94. The number of carbonyl (C=O) groups is 2. The fraction of sp³-hybridized carbons (Fsp3) is 0.444. The third kappa shape index (κ3) is 4.34. The van der Waals surface area contributed by atoms with E-state index in [2.05, 4.69) is 21.2 Å². The molecule has 0 unspecified atom stereocenters. The van der Waals surface area contributed by atoms with Crippen molar-refractivity contribution in [1.82, 2.24) is 10.2 Å². The molecule has 0 aromatic heterocycles. The van der Waals surface area contributed by atoms with Crippen LogP contribution in [0.15, 0.2) is 22.3 Å². The zero-order valence-electron chi connectivity index (χ0n) is 14.9. The van der Waals surface area contributed by atoms with Gasteiger partial charge in [0.2, 0.25) is 0 Å². The summed E-state index contributed by atoms with van der Waals surface area (Å²) in [4.78, 5) is 25.4. The van der Waals surface area contributed by atoms with Crippen LogP contribution in [0, 0.1) is 0 Å². The standard InChI is InChI=1S/C18H23BrN2O4/c1-5-7-21-17(22)14(20-18(21)23)9-12-8-13(19)16(15(10-12)24-4)25-11(3)6-2/h8-11H,5-7H2,1-4H3,(H,20,23)/b14-9+/t11-/m1/s1. The molecule has 0 saturated carbocycles. The maximum absolute atomic E-state index is 12.3. The van der Waals surface area contributed by atoms with E-state index in [0.29, 0.717) is 24.5 Å². The van der Waals surface area contributed by atoms with Gasteiger partial charge in [-0.15, -0.1) is 0 Å². The first-order valence-corrected chi connectivity index (χ1v) is 9.09. The monoisotopic (exact) mass is 410 g/mol. The highest BCUT2D eigenvalue weighted by atomic mass is 79.9. The van der Waals surface area contributed by atoms with E-state index in [1.54, 1.807) is 19.3 Å². The molecule has 1 aromatic carbocycles. The van der Waals surface area contributed by atoms with Crippen molar-refractivity contribution in [3.8, 4) is 11.5 Å². The molecule has 6 nitrogen and oxygen atoms in total. The molecular formula is C18H23BrN2O4. The van der Waals surface area contributed by atoms with Crippen LogP contribution in [0.1, 0.15) is 39.2 Å². The Morgan fingerprint density at radius 1 is 1.32 bits per heavy atom. The van der Waals surface area contributed by atoms with Crippen LogP contribution < -0.4 is 14.8 Å². The van der Waals surface area contributed by atoms with Gasteiger partial charge in [0, 0.05) is 6.54 Å². The van der Waals surface area contributed by atoms with Crippen LogP contribution in [0.2, 0.25) is 0 Å². The van der Waals surface area contributed by atoms with Crippen molar-refractivity contribution in [2.75, 3.05) is 13.7 Å². The molecule has 1 fully saturated rings. The number of imide groups is 1. The highest BCUT2D eigenvalue weighted by Crippen LogP contribution is 2.38. The number of halogens is 1. The summed E-state index contributed by atoms with van der Waals surface area (Å²) in [5, 5.41) is 2.61. The average molecular weight is 411 g/mol. The van der Waals surface area contributed by atoms with E-state index >= 15 is 0 Å². The number of methoxy groups -OCH3 is 1. The minimum atomic E-state index is -0.388. The summed E-state index contributed by atoms with van der Waals surface area (Å²) >= 11 is 3.49. The topological polar surface area (TPSA) is 67.9 Å². The second kappa shape index (κ2) is 8.38. The lowest BCUT2D eigenvalue weighted by Gasteiger charge is -2.17. The van der Waals surface area contributed by atoms with Gasteiger partial charge in [0.05, 0.1) is 17.7 Å². The summed E-state index contributed by atoms with van der Waals surface area (Å²) in [6.07, 6.45) is 3.27. The Hall–Kier alpha value is -2.02. The molecule has 1 atom stereocenters. The Labute approximate surface area is 156 Å². The van der Waals surface area contributed by atoms with E-state index in [1.165, 1.54) is 4.90 Å². The highest BCUT2D eigenvalue weighted by molar-refractivity contribution is 9.10. The number of ether oxygens (including phenoxy) is 2. The number of benzene rings is 1. The molecule has 1 heterocycles. The van der Waals surface area contributed by atoms with Gasteiger partial charge in [-0.25, -0.2) is 4.79 Å². The number of hydrogen-bond acceptors (Lipinski definition) is 4. The number of rotatable bonds is 7. The van der Waals surface area contributed by atoms with E-state index in [4.69, 9.17) is 9.47 Å². The molecule has 1 saturated heterocycles. The van der Waals surface area contributed by atoms with Crippen LogP contribution in [-0.4, -0.2) is 36.6 Å². The van der Waals surface area contributed by atoms with Crippen molar-refractivity contribution < 1.29 is 19.1 Å². The zero-order valence-corrected chi connectivity index (χ0v) is 16.5. The molecule has 2 rings (SSSR count).